The van der Waals surface area contributed by atoms with Crippen molar-refractivity contribution >= 4 is 29.9 Å². The number of aliphatic imine (C=N–C) groups is 1. The van der Waals surface area contributed by atoms with Gasteiger partial charge in [-0.15, -0.1) is 24.0 Å². The van der Waals surface area contributed by atoms with E-state index in [0.29, 0.717) is 5.92 Å². The summed E-state index contributed by atoms with van der Waals surface area (Å²) in [5.41, 5.74) is 0. The molecule has 3 saturated heterocycles. The second-order valence-corrected chi connectivity index (χ2v) is 6.64. The lowest BCUT2D eigenvalue weighted by Gasteiger charge is -2.32. The van der Waals surface area contributed by atoms with Crippen LogP contribution in [0.2, 0.25) is 0 Å². The van der Waals surface area contributed by atoms with Gasteiger partial charge in [-0.2, -0.15) is 0 Å². The van der Waals surface area contributed by atoms with Crippen molar-refractivity contribution in [2.24, 2.45) is 10.9 Å². The second kappa shape index (κ2) is 9.27. The van der Waals surface area contributed by atoms with E-state index >= 15 is 0 Å². The lowest BCUT2D eigenvalue weighted by atomic mass is 10.1. The molecule has 0 aromatic rings. The molecular weight excluding hydrogens is 391 g/mol. The van der Waals surface area contributed by atoms with E-state index in [1.54, 1.807) is 0 Å². The van der Waals surface area contributed by atoms with Gasteiger partial charge in [0.25, 0.3) is 0 Å². The van der Waals surface area contributed by atoms with Gasteiger partial charge < -0.3 is 15.0 Å². The van der Waals surface area contributed by atoms with E-state index in [1.807, 2.05) is 7.05 Å². The van der Waals surface area contributed by atoms with Crippen molar-refractivity contribution in [2.45, 2.75) is 38.1 Å². The van der Waals surface area contributed by atoms with Crippen LogP contribution in [0.3, 0.4) is 0 Å². The van der Waals surface area contributed by atoms with Crippen molar-refractivity contribution in [2.75, 3.05) is 53.0 Å². The van der Waals surface area contributed by atoms with Crippen LogP contribution >= 0.6 is 24.0 Å². The van der Waals surface area contributed by atoms with Crippen LogP contribution in [0, 0.1) is 5.92 Å². The monoisotopic (exact) mass is 422 g/mol. The van der Waals surface area contributed by atoms with Crippen molar-refractivity contribution in [1.29, 1.82) is 0 Å². The molecule has 0 radical (unpaired) electrons. The summed E-state index contributed by atoms with van der Waals surface area (Å²) in [5, 5.41) is 3.55. The van der Waals surface area contributed by atoms with E-state index in [1.165, 1.54) is 45.2 Å². The van der Waals surface area contributed by atoms with Gasteiger partial charge in [-0.05, 0) is 38.8 Å². The molecule has 5 nitrogen and oxygen atoms in total. The number of piperidine rings is 1. The first-order valence-corrected chi connectivity index (χ1v) is 8.64. The quantitative estimate of drug-likeness (QED) is 0.428. The van der Waals surface area contributed by atoms with Gasteiger partial charge >= 0.3 is 0 Å². The molecule has 3 heterocycles. The first-order chi connectivity index (χ1) is 10.4. The highest BCUT2D eigenvalue weighted by atomic mass is 127. The highest BCUT2D eigenvalue weighted by Crippen LogP contribution is 2.20. The minimum absolute atomic E-state index is 0. The number of halogens is 1. The molecule has 128 valence electrons. The summed E-state index contributed by atoms with van der Waals surface area (Å²) >= 11 is 0. The van der Waals surface area contributed by atoms with Gasteiger partial charge in [-0.25, -0.2) is 0 Å². The summed E-state index contributed by atoms with van der Waals surface area (Å²) in [6.07, 6.45) is 6.64. The molecule has 3 fully saturated rings. The molecule has 0 spiro atoms. The molecule has 0 aromatic carbocycles. The van der Waals surface area contributed by atoms with Gasteiger partial charge in [0.2, 0.25) is 0 Å². The number of rotatable bonds is 3. The second-order valence-electron chi connectivity index (χ2n) is 6.64. The zero-order chi connectivity index (χ0) is 14.5. The first-order valence-electron chi connectivity index (χ1n) is 8.64. The molecule has 2 atom stereocenters. The van der Waals surface area contributed by atoms with Gasteiger partial charge in [0.15, 0.2) is 5.96 Å². The summed E-state index contributed by atoms with van der Waals surface area (Å²) < 4.78 is 5.44. The number of hydrogen-bond acceptors (Lipinski definition) is 3. The largest absolute Gasteiger partial charge is 0.381 e. The SMILES string of the molecule is CN=C(NCC1CCOC1)N1CCC(N2CCCCC2)C1.I. The normalized spacial score (nSPS) is 30.4. The Kier molecular flexibility index (Phi) is 7.70. The number of hydrogen-bond donors (Lipinski definition) is 1. The summed E-state index contributed by atoms with van der Waals surface area (Å²) in [6.45, 7) is 7.69. The predicted octanol–water partition coefficient (Wildman–Crippen LogP) is 1.78. The molecule has 0 aliphatic carbocycles. The summed E-state index contributed by atoms with van der Waals surface area (Å²) in [5.74, 6) is 1.74. The van der Waals surface area contributed by atoms with Crippen LogP contribution in [0.15, 0.2) is 4.99 Å². The molecule has 3 aliphatic rings. The van der Waals surface area contributed by atoms with Gasteiger partial charge in [-0.1, -0.05) is 6.42 Å². The zero-order valence-electron chi connectivity index (χ0n) is 13.8. The summed E-state index contributed by atoms with van der Waals surface area (Å²) in [7, 11) is 1.90. The Bertz CT molecular complexity index is 354. The molecule has 6 heteroatoms. The Balaban J connectivity index is 0.00000176. The van der Waals surface area contributed by atoms with Crippen LogP contribution in [0.4, 0.5) is 0 Å². The molecule has 0 saturated carbocycles. The fourth-order valence-corrected chi connectivity index (χ4v) is 3.83. The van der Waals surface area contributed by atoms with Crippen LogP contribution in [0.5, 0.6) is 0 Å². The molecule has 3 rings (SSSR count). The molecule has 22 heavy (non-hydrogen) atoms. The van der Waals surface area contributed by atoms with Crippen molar-refractivity contribution < 1.29 is 4.74 Å². The van der Waals surface area contributed by atoms with E-state index in [9.17, 15) is 0 Å². The molecule has 0 amide bonds. The Morgan fingerprint density at radius 3 is 2.68 bits per heavy atom. The molecular formula is C16H31IN4O. The smallest absolute Gasteiger partial charge is 0.193 e. The molecule has 0 aromatic heterocycles. The minimum Gasteiger partial charge on any atom is -0.381 e. The maximum absolute atomic E-state index is 5.44. The van der Waals surface area contributed by atoms with Crippen molar-refractivity contribution in [3.05, 3.63) is 0 Å². The molecule has 3 aliphatic heterocycles. The van der Waals surface area contributed by atoms with E-state index in [4.69, 9.17) is 4.74 Å². The highest BCUT2D eigenvalue weighted by molar-refractivity contribution is 14.0. The number of ether oxygens (including phenoxy) is 1. The average molecular weight is 422 g/mol. The Hall–Kier alpha value is -0.0800. The van der Waals surface area contributed by atoms with Gasteiger partial charge in [0.05, 0.1) is 6.61 Å². The highest BCUT2D eigenvalue weighted by Gasteiger charge is 2.30. The minimum atomic E-state index is 0. The topological polar surface area (TPSA) is 40.1 Å². The Morgan fingerprint density at radius 1 is 1.18 bits per heavy atom. The summed E-state index contributed by atoms with van der Waals surface area (Å²) in [4.78, 5) is 9.62. The lowest BCUT2D eigenvalue weighted by Crippen LogP contribution is -2.45. The van der Waals surface area contributed by atoms with Crippen molar-refractivity contribution in [3.63, 3.8) is 0 Å². The maximum atomic E-state index is 5.44. The summed E-state index contributed by atoms with van der Waals surface area (Å²) in [6, 6.07) is 0.735. The van der Waals surface area contributed by atoms with Gasteiger partial charge in [0, 0.05) is 45.2 Å². The zero-order valence-corrected chi connectivity index (χ0v) is 16.1. The average Bonchev–Trinajstić information content (AvgIpc) is 3.20. The van der Waals surface area contributed by atoms with Crippen LogP contribution in [-0.4, -0.2) is 74.8 Å². The number of guanidine groups is 1. The molecule has 2 unspecified atom stereocenters. The Morgan fingerprint density at radius 2 is 2.00 bits per heavy atom. The predicted molar refractivity (Wildman–Crippen MR) is 101 cm³/mol. The molecule has 0 bridgehead atoms. The fourth-order valence-electron chi connectivity index (χ4n) is 3.83. The number of nitrogens with one attached hydrogen (secondary N) is 1. The number of nitrogens with zero attached hydrogens (tertiary/aromatic N) is 3. The third kappa shape index (κ3) is 4.71. The van der Waals surface area contributed by atoms with Crippen LogP contribution < -0.4 is 5.32 Å². The van der Waals surface area contributed by atoms with E-state index in [2.05, 4.69) is 20.1 Å². The van der Waals surface area contributed by atoms with E-state index < -0.39 is 0 Å². The third-order valence-electron chi connectivity index (χ3n) is 5.15. The van der Waals surface area contributed by atoms with Crippen molar-refractivity contribution in [1.82, 2.24) is 15.1 Å². The standard InChI is InChI=1S/C16H30N4O.HI/c1-17-16(18-11-14-6-10-21-13-14)20-9-5-15(12-20)19-7-3-2-4-8-19;/h14-15H,2-13H2,1H3,(H,17,18);1H. The van der Waals surface area contributed by atoms with Gasteiger partial charge in [0.1, 0.15) is 0 Å². The maximum Gasteiger partial charge on any atom is 0.193 e. The fraction of sp³-hybridized carbons (Fsp3) is 0.938. The van der Waals surface area contributed by atoms with Gasteiger partial charge in [-0.3, -0.25) is 9.89 Å². The Labute approximate surface area is 151 Å². The first kappa shape index (κ1) is 18.3. The van der Waals surface area contributed by atoms with Crippen molar-refractivity contribution in [3.8, 4) is 0 Å². The third-order valence-corrected chi connectivity index (χ3v) is 5.15. The van der Waals surface area contributed by atoms with Crippen LogP contribution in [0.1, 0.15) is 32.1 Å². The van der Waals surface area contributed by atoms with E-state index in [-0.39, 0.29) is 24.0 Å². The number of likely N-dealkylation sites (tertiary alicyclic amines) is 2. The van der Waals surface area contributed by atoms with Crippen LogP contribution in [0.25, 0.3) is 0 Å². The lowest BCUT2D eigenvalue weighted by molar-refractivity contribution is 0.168. The van der Waals surface area contributed by atoms with E-state index in [0.717, 1.165) is 44.8 Å². The van der Waals surface area contributed by atoms with Crippen LogP contribution in [-0.2, 0) is 4.74 Å². The molecule has 1 N–H and O–H groups in total.